The third-order valence-corrected chi connectivity index (χ3v) is 4.49. The van der Waals surface area contributed by atoms with Crippen LogP contribution in [0, 0.1) is 0 Å². The summed E-state index contributed by atoms with van der Waals surface area (Å²) in [5.74, 6) is 0.861. The van der Waals surface area contributed by atoms with E-state index in [1.54, 1.807) is 42.5 Å². The Morgan fingerprint density at radius 2 is 1.47 bits per heavy atom. The van der Waals surface area contributed by atoms with E-state index >= 15 is 0 Å². The van der Waals surface area contributed by atoms with Gasteiger partial charge in [-0.1, -0.05) is 42.8 Å². The topological polar surface area (TPSA) is 162 Å². The summed E-state index contributed by atoms with van der Waals surface area (Å²) in [6.45, 7) is 0.999. The summed E-state index contributed by atoms with van der Waals surface area (Å²) in [5.41, 5.74) is 17.1. The number of aromatic hydroxyl groups is 1. The molecule has 182 valence electrons. The summed E-state index contributed by atoms with van der Waals surface area (Å²) < 4.78 is 5.56. The number of unbranched alkanes of at least 4 members (excludes halogenated alkanes) is 1. The van der Waals surface area contributed by atoms with Crippen molar-refractivity contribution in [3.8, 4) is 17.2 Å². The van der Waals surface area contributed by atoms with Gasteiger partial charge in [0, 0.05) is 17.7 Å². The number of carbonyl (C=O) groups excluding carboxylic acids is 1. The number of hydrogen-bond acceptors (Lipinski definition) is 7. The van der Waals surface area contributed by atoms with E-state index in [1.807, 2.05) is 36.4 Å². The van der Waals surface area contributed by atoms with Gasteiger partial charge in [-0.3, -0.25) is 9.59 Å². The van der Waals surface area contributed by atoms with E-state index in [0.717, 1.165) is 36.2 Å². The number of phenols is 1. The normalized spacial score (nSPS) is 10.6. The third kappa shape index (κ3) is 11.8. The van der Waals surface area contributed by atoms with Crippen molar-refractivity contribution in [2.75, 3.05) is 6.54 Å². The Balaban J connectivity index is 0.000000268. The van der Waals surface area contributed by atoms with Gasteiger partial charge in [0.1, 0.15) is 29.6 Å². The quantitative estimate of drug-likeness (QED) is 0.235. The lowest BCUT2D eigenvalue weighted by Crippen LogP contribution is -2.29. The molecule has 0 aromatic heterocycles. The van der Waals surface area contributed by atoms with Gasteiger partial charge in [-0.2, -0.15) is 0 Å². The summed E-state index contributed by atoms with van der Waals surface area (Å²) in [4.78, 5) is 20.6. The molecule has 0 saturated carbocycles. The Morgan fingerprint density at radius 1 is 0.882 bits per heavy atom. The van der Waals surface area contributed by atoms with Crippen LogP contribution in [-0.2, 0) is 11.3 Å². The van der Waals surface area contributed by atoms with Crippen molar-refractivity contribution in [3.63, 3.8) is 0 Å². The van der Waals surface area contributed by atoms with Crippen molar-refractivity contribution in [2.45, 2.75) is 31.8 Å². The van der Waals surface area contributed by atoms with Crippen LogP contribution in [0.4, 0.5) is 0 Å². The standard InChI is InChI=1S/C13H10O2.C7H9NO.C6H14N2O2/c14-10-11-6-8-13(9-7-11)15-12-4-2-1-3-5-12;8-5-6-3-1-2-4-7(6)9;7-4-2-1-3-5(8)6(9)10/h1-10H;1-4,9H,5,8H2;5H,1-4,7-8H2,(H,9,10). The van der Waals surface area contributed by atoms with Gasteiger partial charge in [0.2, 0.25) is 0 Å². The van der Waals surface area contributed by atoms with Crippen molar-refractivity contribution in [1.82, 2.24) is 0 Å². The first-order chi connectivity index (χ1) is 16.4. The van der Waals surface area contributed by atoms with Gasteiger partial charge < -0.3 is 32.2 Å². The van der Waals surface area contributed by atoms with Gasteiger partial charge in [0.05, 0.1) is 0 Å². The average Bonchev–Trinajstić information content (AvgIpc) is 2.86. The second-order valence-electron chi connectivity index (χ2n) is 7.16. The minimum Gasteiger partial charge on any atom is -0.508 e. The highest BCUT2D eigenvalue weighted by Crippen LogP contribution is 2.20. The molecule has 3 aromatic rings. The fourth-order valence-electron chi connectivity index (χ4n) is 2.55. The molecular formula is C26H33N3O5. The summed E-state index contributed by atoms with van der Waals surface area (Å²) >= 11 is 0. The highest BCUT2D eigenvalue weighted by atomic mass is 16.5. The molecule has 0 amide bonds. The van der Waals surface area contributed by atoms with Crippen molar-refractivity contribution in [3.05, 3.63) is 90.0 Å². The molecule has 0 aliphatic carbocycles. The minimum absolute atomic E-state index is 0.278. The molecule has 8 nitrogen and oxygen atoms in total. The van der Waals surface area contributed by atoms with Crippen LogP contribution < -0.4 is 21.9 Å². The Labute approximate surface area is 200 Å². The van der Waals surface area contributed by atoms with Crippen molar-refractivity contribution in [2.24, 2.45) is 17.2 Å². The number of ether oxygens (including phenoxy) is 1. The van der Waals surface area contributed by atoms with E-state index in [2.05, 4.69) is 0 Å². The molecule has 0 bridgehead atoms. The van der Waals surface area contributed by atoms with Gasteiger partial charge in [0.25, 0.3) is 0 Å². The van der Waals surface area contributed by atoms with Crippen molar-refractivity contribution < 1.29 is 24.5 Å². The number of rotatable bonds is 9. The lowest BCUT2D eigenvalue weighted by Gasteiger charge is -2.04. The minimum atomic E-state index is -0.933. The Hall–Kier alpha value is -3.72. The number of carboxylic acids is 1. The maximum Gasteiger partial charge on any atom is 0.320 e. The summed E-state index contributed by atoms with van der Waals surface area (Å²) in [6, 6.07) is 22.9. The molecule has 8 heteroatoms. The molecule has 0 aliphatic heterocycles. The lowest BCUT2D eigenvalue weighted by atomic mass is 10.1. The molecule has 0 saturated heterocycles. The first kappa shape index (κ1) is 28.3. The Kier molecular flexibility index (Phi) is 14.0. The third-order valence-electron chi connectivity index (χ3n) is 4.49. The monoisotopic (exact) mass is 467 g/mol. The fraction of sp³-hybridized carbons (Fsp3) is 0.231. The number of para-hydroxylation sites is 2. The zero-order chi connectivity index (χ0) is 25.2. The maximum absolute atomic E-state index is 10.4. The van der Waals surface area contributed by atoms with Crippen LogP contribution in [0.5, 0.6) is 17.2 Å². The van der Waals surface area contributed by atoms with Crippen molar-refractivity contribution >= 4 is 12.3 Å². The molecule has 0 aliphatic rings. The van der Waals surface area contributed by atoms with E-state index in [4.69, 9.17) is 32.2 Å². The molecule has 0 fully saturated rings. The van der Waals surface area contributed by atoms with Crippen molar-refractivity contribution in [1.29, 1.82) is 0 Å². The first-order valence-corrected chi connectivity index (χ1v) is 10.8. The Morgan fingerprint density at radius 3 is 1.97 bits per heavy atom. The first-order valence-electron chi connectivity index (χ1n) is 10.8. The van der Waals surface area contributed by atoms with E-state index in [0.29, 0.717) is 25.1 Å². The SMILES string of the molecule is NCCCCC(N)C(=O)O.NCc1ccccc1O.O=Cc1ccc(Oc2ccccc2)cc1. The molecule has 3 rings (SSSR count). The van der Waals surface area contributed by atoms with Gasteiger partial charge in [-0.05, 0) is 61.9 Å². The number of carbonyl (C=O) groups is 2. The molecule has 1 unspecified atom stereocenters. The molecule has 0 heterocycles. The van der Waals surface area contributed by atoms with E-state index < -0.39 is 12.0 Å². The van der Waals surface area contributed by atoms with Gasteiger partial charge in [0.15, 0.2) is 0 Å². The number of benzene rings is 3. The largest absolute Gasteiger partial charge is 0.508 e. The van der Waals surface area contributed by atoms with Crippen LogP contribution in [0.3, 0.4) is 0 Å². The average molecular weight is 468 g/mol. The number of aliphatic carboxylic acids is 1. The molecule has 34 heavy (non-hydrogen) atoms. The second kappa shape index (κ2) is 16.8. The smallest absolute Gasteiger partial charge is 0.320 e. The van der Waals surface area contributed by atoms with E-state index in [9.17, 15) is 9.59 Å². The van der Waals surface area contributed by atoms with Crippen LogP contribution in [-0.4, -0.2) is 35.1 Å². The zero-order valence-electron chi connectivity index (χ0n) is 19.0. The molecule has 0 spiro atoms. The van der Waals surface area contributed by atoms with Crippen LogP contribution >= 0.6 is 0 Å². The predicted molar refractivity (Wildman–Crippen MR) is 133 cm³/mol. The van der Waals surface area contributed by atoms with E-state index in [-0.39, 0.29) is 5.75 Å². The lowest BCUT2D eigenvalue weighted by molar-refractivity contribution is -0.138. The Bertz CT molecular complexity index is 966. The molecule has 3 aromatic carbocycles. The number of nitrogens with two attached hydrogens (primary N) is 3. The summed E-state index contributed by atoms with van der Waals surface area (Å²) in [6.07, 6.45) is 2.98. The maximum atomic E-state index is 10.4. The van der Waals surface area contributed by atoms with Crippen LogP contribution in [0.2, 0.25) is 0 Å². The zero-order valence-corrected chi connectivity index (χ0v) is 19.0. The van der Waals surface area contributed by atoms with Gasteiger partial charge >= 0.3 is 5.97 Å². The molecular weight excluding hydrogens is 434 g/mol. The molecule has 8 N–H and O–H groups in total. The second-order valence-corrected chi connectivity index (χ2v) is 7.16. The van der Waals surface area contributed by atoms with Crippen LogP contribution in [0.1, 0.15) is 35.2 Å². The number of carboxylic acid groups (broad SMARTS) is 1. The van der Waals surface area contributed by atoms with Gasteiger partial charge in [-0.25, -0.2) is 0 Å². The highest BCUT2D eigenvalue weighted by molar-refractivity contribution is 5.74. The number of aldehydes is 1. The van der Waals surface area contributed by atoms with Crippen LogP contribution in [0.15, 0.2) is 78.9 Å². The molecule has 1 atom stereocenters. The van der Waals surface area contributed by atoms with Gasteiger partial charge in [-0.15, -0.1) is 0 Å². The fourth-order valence-corrected chi connectivity index (χ4v) is 2.55. The van der Waals surface area contributed by atoms with Crippen LogP contribution in [0.25, 0.3) is 0 Å². The molecule has 0 radical (unpaired) electrons. The number of hydrogen-bond donors (Lipinski definition) is 5. The van der Waals surface area contributed by atoms with E-state index in [1.165, 1.54) is 0 Å². The predicted octanol–water partition coefficient (Wildman–Crippen LogP) is 3.67. The summed E-state index contributed by atoms with van der Waals surface area (Å²) in [7, 11) is 0. The summed E-state index contributed by atoms with van der Waals surface area (Å²) in [5, 5.41) is 17.4. The highest BCUT2D eigenvalue weighted by Gasteiger charge is 2.09. The number of phenolic OH excluding ortho intramolecular Hbond substituents is 1.